The summed E-state index contributed by atoms with van der Waals surface area (Å²) in [5.41, 5.74) is 2.35. The fourth-order valence-electron chi connectivity index (χ4n) is 3.76. The monoisotopic (exact) mass is 414 g/mol. The maximum absolute atomic E-state index is 12.8. The number of benzene rings is 2. The molecule has 0 N–H and O–H groups in total. The normalized spacial score (nSPS) is 14.9. The van der Waals surface area contributed by atoms with Crippen molar-refractivity contribution in [1.29, 1.82) is 0 Å². The van der Waals surface area contributed by atoms with Gasteiger partial charge in [0.1, 0.15) is 17.0 Å². The summed E-state index contributed by atoms with van der Waals surface area (Å²) in [4.78, 5) is 19.3. The Morgan fingerprint density at radius 2 is 1.97 bits per heavy atom. The molecule has 7 heteroatoms. The van der Waals surface area contributed by atoms with Crippen LogP contribution >= 0.6 is 11.6 Å². The number of amides is 1. The number of hydrogen-bond acceptors (Lipinski definition) is 5. The first-order valence-corrected chi connectivity index (χ1v) is 10.00. The number of methoxy groups -OCH3 is 2. The van der Waals surface area contributed by atoms with Crippen LogP contribution in [0.15, 0.2) is 40.8 Å². The summed E-state index contributed by atoms with van der Waals surface area (Å²) < 4.78 is 16.6. The molecule has 0 spiro atoms. The van der Waals surface area contributed by atoms with Crippen LogP contribution in [0.1, 0.15) is 30.2 Å². The quantitative estimate of drug-likeness (QED) is 0.617. The number of halogens is 1. The largest absolute Gasteiger partial charge is 0.497 e. The molecule has 0 saturated carbocycles. The molecule has 29 heavy (non-hydrogen) atoms. The number of rotatable bonds is 5. The third-order valence-corrected chi connectivity index (χ3v) is 5.63. The zero-order chi connectivity index (χ0) is 20.4. The number of piperidine rings is 1. The highest BCUT2D eigenvalue weighted by Crippen LogP contribution is 2.31. The second-order valence-electron chi connectivity index (χ2n) is 7.17. The van der Waals surface area contributed by atoms with Gasteiger partial charge in [-0.2, -0.15) is 0 Å². The van der Waals surface area contributed by atoms with Crippen LogP contribution in [-0.2, 0) is 11.2 Å². The number of likely N-dealkylation sites (tertiary alicyclic amines) is 1. The third-order valence-electron chi connectivity index (χ3n) is 5.39. The van der Waals surface area contributed by atoms with E-state index in [1.54, 1.807) is 20.3 Å². The number of hydrogen-bond donors (Lipinski definition) is 0. The Labute approximate surface area is 174 Å². The maximum atomic E-state index is 12.8. The van der Waals surface area contributed by atoms with E-state index < -0.39 is 0 Å². The Morgan fingerprint density at radius 1 is 1.17 bits per heavy atom. The summed E-state index contributed by atoms with van der Waals surface area (Å²) >= 11 is 6.03. The Bertz CT molecular complexity index is 1020. The first kappa shape index (κ1) is 19.6. The SMILES string of the molecule is COc1ccc(OC)c(CC(=O)N2CCC(c3nc4cc(Cl)ccc4o3)CC2)c1. The summed E-state index contributed by atoms with van der Waals surface area (Å²) in [5.74, 6) is 2.42. The Hall–Kier alpha value is -2.73. The summed E-state index contributed by atoms with van der Waals surface area (Å²) in [6.45, 7) is 1.35. The smallest absolute Gasteiger partial charge is 0.227 e. The van der Waals surface area contributed by atoms with E-state index in [0.29, 0.717) is 29.6 Å². The van der Waals surface area contributed by atoms with Crippen molar-refractivity contribution in [3.63, 3.8) is 0 Å². The van der Waals surface area contributed by atoms with E-state index in [1.807, 2.05) is 35.2 Å². The van der Waals surface area contributed by atoms with E-state index >= 15 is 0 Å². The number of oxazole rings is 1. The highest BCUT2D eigenvalue weighted by Gasteiger charge is 2.27. The topological polar surface area (TPSA) is 64.8 Å². The third kappa shape index (κ3) is 4.17. The average Bonchev–Trinajstić information content (AvgIpc) is 3.17. The van der Waals surface area contributed by atoms with Crippen molar-refractivity contribution in [2.45, 2.75) is 25.2 Å². The van der Waals surface area contributed by atoms with Gasteiger partial charge in [0.15, 0.2) is 11.5 Å². The predicted octanol–water partition coefficient (Wildman–Crippen LogP) is 4.45. The molecule has 2 aromatic carbocycles. The highest BCUT2D eigenvalue weighted by atomic mass is 35.5. The molecule has 152 valence electrons. The summed E-state index contributed by atoms with van der Waals surface area (Å²) in [6.07, 6.45) is 1.93. The average molecular weight is 415 g/mol. The number of carbonyl (C=O) groups is 1. The first-order chi connectivity index (χ1) is 14.1. The Balaban J connectivity index is 1.40. The van der Waals surface area contributed by atoms with Gasteiger partial charge in [-0.1, -0.05) is 11.6 Å². The molecule has 1 aliphatic rings. The molecular weight excluding hydrogens is 392 g/mol. The van der Waals surface area contributed by atoms with Crippen LogP contribution in [-0.4, -0.2) is 43.1 Å². The molecule has 4 rings (SSSR count). The minimum absolute atomic E-state index is 0.0827. The van der Waals surface area contributed by atoms with Crippen molar-refractivity contribution in [1.82, 2.24) is 9.88 Å². The van der Waals surface area contributed by atoms with Gasteiger partial charge >= 0.3 is 0 Å². The number of fused-ring (bicyclic) bond motifs is 1. The van der Waals surface area contributed by atoms with Gasteiger partial charge in [-0.15, -0.1) is 0 Å². The number of aromatic nitrogens is 1. The van der Waals surface area contributed by atoms with Gasteiger partial charge in [-0.3, -0.25) is 4.79 Å². The minimum Gasteiger partial charge on any atom is -0.497 e. The van der Waals surface area contributed by atoms with Crippen molar-refractivity contribution in [3.05, 3.63) is 52.9 Å². The van der Waals surface area contributed by atoms with Crippen LogP contribution in [0, 0.1) is 0 Å². The van der Waals surface area contributed by atoms with Gasteiger partial charge in [-0.25, -0.2) is 4.98 Å². The lowest BCUT2D eigenvalue weighted by atomic mass is 9.96. The van der Waals surface area contributed by atoms with E-state index in [1.165, 1.54) is 0 Å². The Kier molecular flexibility index (Phi) is 5.62. The van der Waals surface area contributed by atoms with Crippen LogP contribution in [0.3, 0.4) is 0 Å². The molecule has 2 heterocycles. The van der Waals surface area contributed by atoms with Crippen molar-refractivity contribution in [3.8, 4) is 11.5 Å². The van der Waals surface area contributed by atoms with Crippen LogP contribution in [0.5, 0.6) is 11.5 Å². The van der Waals surface area contributed by atoms with Crippen LogP contribution in [0.2, 0.25) is 5.02 Å². The van der Waals surface area contributed by atoms with Gasteiger partial charge in [0, 0.05) is 29.6 Å². The fourth-order valence-corrected chi connectivity index (χ4v) is 3.93. The van der Waals surface area contributed by atoms with E-state index in [4.69, 9.17) is 25.5 Å². The van der Waals surface area contributed by atoms with Crippen LogP contribution in [0.25, 0.3) is 11.1 Å². The zero-order valence-corrected chi connectivity index (χ0v) is 17.2. The standard InChI is InChI=1S/C22H23ClN2O4/c1-27-17-4-6-19(28-2)15(11-17)12-21(26)25-9-7-14(8-10-25)22-24-18-13-16(23)3-5-20(18)29-22/h3-6,11,13-14H,7-10,12H2,1-2H3. The molecule has 0 aliphatic carbocycles. The molecule has 0 unspecified atom stereocenters. The molecule has 1 saturated heterocycles. The van der Waals surface area contributed by atoms with Gasteiger partial charge < -0.3 is 18.8 Å². The molecule has 1 aromatic heterocycles. The first-order valence-electron chi connectivity index (χ1n) is 9.62. The number of carbonyl (C=O) groups excluding carboxylic acids is 1. The van der Waals surface area contributed by atoms with Gasteiger partial charge in [0.05, 0.1) is 20.6 Å². The van der Waals surface area contributed by atoms with Gasteiger partial charge in [0.2, 0.25) is 5.91 Å². The predicted molar refractivity (Wildman–Crippen MR) is 111 cm³/mol. The molecule has 1 aliphatic heterocycles. The van der Waals surface area contributed by atoms with E-state index in [0.717, 1.165) is 35.4 Å². The van der Waals surface area contributed by atoms with Crippen molar-refractivity contribution in [2.75, 3.05) is 27.3 Å². The molecule has 0 radical (unpaired) electrons. The lowest BCUT2D eigenvalue weighted by Gasteiger charge is -2.30. The molecule has 0 bridgehead atoms. The molecule has 6 nitrogen and oxygen atoms in total. The Morgan fingerprint density at radius 3 is 2.69 bits per heavy atom. The molecular formula is C22H23ClN2O4. The molecule has 0 atom stereocenters. The molecule has 3 aromatic rings. The molecule has 1 amide bonds. The number of ether oxygens (including phenoxy) is 2. The fraction of sp³-hybridized carbons (Fsp3) is 0.364. The van der Waals surface area contributed by atoms with E-state index in [-0.39, 0.29) is 18.2 Å². The second-order valence-corrected chi connectivity index (χ2v) is 7.61. The van der Waals surface area contributed by atoms with Crippen molar-refractivity contribution < 1.29 is 18.7 Å². The van der Waals surface area contributed by atoms with E-state index in [9.17, 15) is 4.79 Å². The van der Waals surface area contributed by atoms with Crippen molar-refractivity contribution in [2.24, 2.45) is 0 Å². The summed E-state index contributed by atoms with van der Waals surface area (Å²) in [5, 5.41) is 0.644. The second kappa shape index (κ2) is 8.33. The lowest BCUT2D eigenvalue weighted by Crippen LogP contribution is -2.38. The highest BCUT2D eigenvalue weighted by molar-refractivity contribution is 6.31. The molecule has 1 fully saturated rings. The van der Waals surface area contributed by atoms with Gasteiger partial charge in [-0.05, 0) is 49.2 Å². The van der Waals surface area contributed by atoms with Gasteiger partial charge in [0.25, 0.3) is 0 Å². The summed E-state index contributed by atoms with van der Waals surface area (Å²) in [7, 11) is 3.22. The number of nitrogens with zero attached hydrogens (tertiary/aromatic N) is 2. The maximum Gasteiger partial charge on any atom is 0.227 e. The minimum atomic E-state index is 0.0827. The van der Waals surface area contributed by atoms with Crippen LogP contribution < -0.4 is 9.47 Å². The van der Waals surface area contributed by atoms with Crippen LogP contribution in [0.4, 0.5) is 0 Å². The lowest BCUT2D eigenvalue weighted by molar-refractivity contribution is -0.131. The van der Waals surface area contributed by atoms with E-state index in [2.05, 4.69) is 4.98 Å². The zero-order valence-electron chi connectivity index (χ0n) is 16.5. The summed E-state index contributed by atoms with van der Waals surface area (Å²) in [6, 6.07) is 11.0. The van der Waals surface area contributed by atoms with Crippen molar-refractivity contribution >= 4 is 28.6 Å².